The van der Waals surface area contributed by atoms with Crippen LogP contribution in [0.3, 0.4) is 0 Å². The van der Waals surface area contributed by atoms with Gasteiger partial charge >= 0.3 is 6.09 Å². The van der Waals surface area contributed by atoms with Crippen LogP contribution in [0.4, 0.5) is 10.6 Å². The topological polar surface area (TPSA) is 83.6 Å². The van der Waals surface area contributed by atoms with Crippen LogP contribution in [0, 0.1) is 0 Å². The molecule has 1 atom stereocenters. The van der Waals surface area contributed by atoms with E-state index < -0.39 is 5.54 Å². The normalized spacial score (nSPS) is 20.3. The minimum atomic E-state index is -0.630. The fourth-order valence-corrected chi connectivity index (χ4v) is 4.95. The Morgan fingerprint density at radius 2 is 2.09 bits per heavy atom. The number of methoxy groups -OCH3 is 1. The Bertz CT molecular complexity index is 1170. The highest BCUT2D eigenvalue weighted by molar-refractivity contribution is 5.93. The lowest BCUT2D eigenvalue weighted by molar-refractivity contribution is 0.0678. The van der Waals surface area contributed by atoms with E-state index in [-0.39, 0.29) is 12.1 Å². The summed E-state index contributed by atoms with van der Waals surface area (Å²) in [7, 11) is 1.42. The summed E-state index contributed by atoms with van der Waals surface area (Å²) in [6, 6.07) is 8.38. The summed E-state index contributed by atoms with van der Waals surface area (Å²) in [6.45, 7) is 8.90. The summed E-state index contributed by atoms with van der Waals surface area (Å²) in [5, 5.41) is 1.08. The number of ether oxygens (including phenoxy) is 2. The van der Waals surface area contributed by atoms with Crippen molar-refractivity contribution < 1.29 is 14.3 Å². The molecule has 0 bridgehead atoms. The lowest BCUT2D eigenvalue weighted by Gasteiger charge is -2.44. The van der Waals surface area contributed by atoms with Crippen LogP contribution < -0.4 is 4.90 Å². The van der Waals surface area contributed by atoms with Gasteiger partial charge in [0.1, 0.15) is 5.82 Å². The van der Waals surface area contributed by atoms with E-state index in [2.05, 4.69) is 28.9 Å². The van der Waals surface area contributed by atoms with E-state index in [4.69, 9.17) is 19.4 Å². The molecule has 8 nitrogen and oxygen atoms in total. The number of fused-ring (bicyclic) bond motifs is 2. The van der Waals surface area contributed by atoms with Crippen molar-refractivity contribution in [2.24, 2.45) is 0 Å². The molecule has 2 aromatic heterocycles. The van der Waals surface area contributed by atoms with E-state index in [0.29, 0.717) is 32.0 Å². The van der Waals surface area contributed by atoms with Crippen molar-refractivity contribution in [2.75, 3.05) is 38.3 Å². The molecule has 1 aromatic carbocycles. The van der Waals surface area contributed by atoms with Crippen molar-refractivity contribution in [2.45, 2.75) is 38.8 Å². The molecular weight excluding hydrogens is 406 g/mol. The maximum Gasteiger partial charge on any atom is 0.410 e. The molecular formula is C24H29N5O3. The van der Waals surface area contributed by atoms with Crippen LogP contribution in [0.5, 0.6) is 0 Å². The van der Waals surface area contributed by atoms with Gasteiger partial charge in [-0.05, 0) is 39.3 Å². The van der Waals surface area contributed by atoms with Crippen LogP contribution in [0.2, 0.25) is 0 Å². The number of carbonyl (C=O) groups excluding carboxylic acids is 1. The summed E-state index contributed by atoms with van der Waals surface area (Å²) in [6.07, 6.45) is 2.28. The van der Waals surface area contributed by atoms with E-state index >= 15 is 0 Å². The fraction of sp³-hybridized carbons (Fsp3) is 0.458. The molecule has 1 fully saturated rings. The molecule has 0 aliphatic carbocycles. The zero-order valence-corrected chi connectivity index (χ0v) is 19.0. The molecule has 5 rings (SSSR count). The number of rotatable bonds is 2. The molecule has 2 aliphatic rings. The van der Waals surface area contributed by atoms with Crippen molar-refractivity contribution in [3.05, 3.63) is 41.7 Å². The summed E-state index contributed by atoms with van der Waals surface area (Å²) in [5.41, 5.74) is 3.36. The van der Waals surface area contributed by atoms with Gasteiger partial charge in [0.25, 0.3) is 0 Å². The predicted molar refractivity (Wildman–Crippen MR) is 123 cm³/mol. The second-order valence-electron chi connectivity index (χ2n) is 8.99. The third-order valence-corrected chi connectivity index (χ3v) is 6.70. The Morgan fingerprint density at radius 3 is 2.88 bits per heavy atom. The molecule has 0 unspecified atom stereocenters. The van der Waals surface area contributed by atoms with Gasteiger partial charge in [0.15, 0.2) is 5.82 Å². The number of benzene rings is 1. The lowest BCUT2D eigenvalue weighted by Crippen LogP contribution is -2.52. The lowest BCUT2D eigenvalue weighted by atomic mass is 9.87. The first-order valence-corrected chi connectivity index (χ1v) is 11.1. The number of aromatic amines is 1. The maximum absolute atomic E-state index is 12.6. The molecule has 4 heterocycles. The van der Waals surface area contributed by atoms with Crippen LogP contribution in [-0.2, 0) is 21.4 Å². The number of H-pyrrole nitrogens is 1. The number of hydrogen-bond acceptors (Lipinski definition) is 6. The SMILES string of the molecule is COC(=O)N1CCc2c(N3CCOC[C@H]3C)nc(-c3cccc4[nH]ccc34)nc2C1(C)C. The first-order chi connectivity index (χ1) is 15.4. The van der Waals surface area contributed by atoms with Crippen LogP contribution in [0.25, 0.3) is 22.3 Å². The van der Waals surface area contributed by atoms with Gasteiger partial charge in [0.2, 0.25) is 0 Å². The van der Waals surface area contributed by atoms with E-state index in [0.717, 1.165) is 40.1 Å². The van der Waals surface area contributed by atoms with E-state index in [1.54, 1.807) is 4.90 Å². The minimum absolute atomic E-state index is 0.209. The number of nitrogens with one attached hydrogen (secondary N) is 1. The number of aromatic nitrogens is 3. The minimum Gasteiger partial charge on any atom is -0.453 e. The quantitative estimate of drug-likeness (QED) is 0.661. The first kappa shape index (κ1) is 20.8. The number of morpholine rings is 1. The van der Waals surface area contributed by atoms with Gasteiger partial charge in [-0.2, -0.15) is 0 Å². The molecule has 0 saturated carbocycles. The predicted octanol–water partition coefficient (Wildman–Crippen LogP) is 3.71. The van der Waals surface area contributed by atoms with Crippen molar-refractivity contribution in [1.29, 1.82) is 0 Å². The molecule has 0 spiro atoms. The average Bonchev–Trinajstić information content (AvgIpc) is 3.27. The van der Waals surface area contributed by atoms with Gasteiger partial charge in [0.05, 0.1) is 37.6 Å². The summed E-state index contributed by atoms with van der Waals surface area (Å²) >= 11 is 0. The van der Waals surface area contributed by atoms with Crippen LogP contribution in [0.1, 0.15) is 32.0 Å². The highest BCUT2D eigenvalue weighted by atomic mass is 16.5. The monoisotopic (exact) mass is 435 g/mol. The standard InChI is InChI=1S/C24H29N5O3/c1-15-14-32-13-12-28(15)22-18-9-11-29(23(30)31-4)24(2,3)20(18)26-21(27-22)17-6-5-7-19-16(17)8-10-25-19/h5-8,10,15,25H,9,11-14H2,1-4H3/t15-/m1/s1. The molecule has 32 heavy (non-hydrogen) atoms. The molecule has 0 radical (unpaired) electrons. The molecule has 168 valence electrons. The van der Waals surface area contributed by atoms with Crippen molar-refractivity contribution in [3.63, 3.8) is 0 Å². The van der Waals surface area contributed by atoms with Crippen LogP contribution in [0.15, 0.2) is 30.5 Å². The summed E-state index contributed by atoms with van der Waals surface area (Å²) in [5.74, 6) is 1.62. The molecule has 1 N–H and O–H groups in total. The van der Waals surface area contributed by atoms with Gasteiger partial charge in [-0.3, -0.25) is 4.90 Å². The smallest absolute Gasteiger partial charge is 0.410 e. The van der Waals surface area contributed by atoms with Crippen molar-refractivity contribution in [1.82, 2.24) is 19.9 Å². The largest absolute Gasteiger partial charge is 0.453 e. The zero-order valence-electron chi connectivity index (χ0n) is 19.0. The van der Waals surface area contributed by atoms with E-state index in [1.807, 2.05) is 32.2 Å². The Kier molecular flexibility index (Phi) is 5.04. The highest BCUT2D eigenvalue weighted by Gasteiger charge is 2.42. The van der Waals surface area contributed by atoms with Gasteiger partial charge in [0, 0.05) is 41.3 Å². The van der Waals surface area contributed by atoms with Crippen molar-refractivity contribution >= 4 is 22.8 Å². The Labute approximate surface area is 187 Å². The number of anilines is 1. The number of carbonyl (C=O) groups is 1. The Morgan fingerprint density at radius 1 is 1.25 bits per heavy atom. The third kappa shape index (κ3) is 3.21. The van der Waals surface area contributed by atoms with Gasteiger partial charge in [-0.1, -0.05) is 12.1 Å². The maximum atomic E-state index is 12.6. The summed E-state index contributed by atoms with van der Waals surface area (Å²) < 4.78 is 10.8. The fourth-order valence-electron chi connectivity index (χ4n) is 4.95. The Balaban J connectivity index is 1.74. The second kappa shape index (κ2) is 7.78. The van der Waals surface area contributed by atoms with E-state index in [1.165, 1.54) is 7.11 Å². The van der Waals surface area contributed by atoms with Gasteiger partial charge in [-0.15, -0.1) is 0 Å². The second-order valence-corrected chi connectivity index (χ2v) is 8.99. The molecule has 3 aromatic rings. The summed E-state index contributed by atoms with van der Waals surface area (Å²) in [4.78, 5) is 30.1. The van der Waals surface area contributed by atoms with Crippen LogP contribution in [-0.4, -0.2) is 65.4 Å². The number of amides is 1. The van der Waals surface area contributed by atoms with Crippen LogP contribution >= 0.6 is 0 Å². The molecule has 2 aliphatic heterocycles. The average molecular weight is 436 g/mol. The molecule has 8 heteroatoms. The highest BCUT2D eigenvalue weighted by Crippen LogP contribution is 2.40. The van der Waals surface area contributed by atoms with E-state index in [9.17, 15) is 4.79 Å². The first-order valence-electron chi connectivity index (χ1n) is 11.1. The number of nitrogens with zero attached hydrogens (tertiary/aromatic N) is 4. The van der Waals surface area contributed by atoms with Gasteiger partial charge < -0.3 is 19.4 Å². The molecule has 1 amide bonds. The number of hydrogen-bond donors (Lipinski definition) is 1. The molecule has 1 saturated heterocycles. The van der Waals surface area contributed by atoms with Crippen molar-refractivity contribution in [3.8, 4) is 11.4 Å². The Hall–Kier alpha value is -3.13. The zero-order chi connectivity index (χ0) is 22.5. The third-order valence-electron chi connectivity index (χ3n) is 6.70. The van der Waals surface area contributed by atoms with Gasteiger partial charge in [-0.25, -0.2) is 14.8 Å².